The van der Waals surface area contributed by atoms with E-state index < -0.39 is 16.2 Å². The minimum absolute atomic E-state index is 0.353. The Hall–Kier alpha value is 2.36. The van der Waals surface area contributed by atoms with Gasteiger partial charge in [-0.15, -0.1) is 0 Å². The van der Waals surface area contributed by atoms with Crippen LogP contribution in [-0.4, -0.2) is 16.2 Å². The molecule has 0 rings (SSSR count). The Kier molecular flexibility index (Phi) is 5.33. The predicted molar refractivity (Wildman–Crippen MR) is 68.2 cm³/mol. The molecular formula is C4Br2ClF5I2. The van der Waals surface area contributed by atoms with E-state index in [1.165, 1.54) is 0 Å². The van der Waals surface area contributed by atoms with Crippen LogP contribution in [0.1, 0.15) is 0 Å². The first-order valence-electron chi connectivity index (χ1n) is 2.64. The Morgan fingerprint density at radius 2 is 1.21 bits per heavy atom. The molecule has 0 N–H and O–H groups in total. The molecule has 0 bridgehead atoms. The van der Waals surface area contributed by atoms with Gasteiger partial charge >= 0.3 is 3.93 Å². The maximum atomic E-state index is 13.4. The predicted octanol–water partition coefficient (Wildman–Crippen LogP) is 5.43. The Labute approximate surface area is 125 Å². The van der Waals surface area contributed by atoms with Gasteiger partial charge in [0.15, 0.2) is 0 Å². The molecule has 0 fully saturated rings. The molecule has 0 saturated carbocycles. The van der Waals surface area contributed by atoms with E-state index in [2.05, 4.69) is 0 Å². The molecule has 86 valence electrons. The molecule has 0 amide bonds. The van der Waals surface area contributed by atoms with Crippen molar-refractivity contribution >= 4 is 88.6 Å². The molecule has 0 radical (unpaired) electrons. The fraction of sp³-hybridized carbons (Fsp3) is 1.00. The average Bonchev–Trinajstić information content (AvgIpc) is 1.81. The Morgan fingerprint density at radius 3 is 1.29 bits per heavy atom. The number of hydrogen-bond acceptors (Lipinski definition) is 0. The maximum Gasteiger partial charge on any atom is 0.343 e. The highest BCUT2D eigenvalue weighted by molar-refractivity contribution is 14.1. The summed E-state index contributed by atoms with van der Waals surface area (Å²) in [4.78, 5) is 0. The van der Waals surface area contributed by atoms with Gasteiger partial charge in [-0.05, 0) is 54.5 Å². The zero-order chi connectivity index (χ0) is 12.0. The first kappa shape index (κ1) is 16.4. The van der Waals surface area contributed by atoms with E-state index in [0.29, 0.717) is 45.2 Å². The molecule has 0 aromatic heterocycles. The van der Waals surface area contributed by atoms with Crippen molar-refractivity contribution in [2.24, 2.45) is 0 Å². The van der Waals surface area contributed by atoms with E-state index >= 15 is 0 Å². The Bertz CT molecular complexity index is 199. The van der Waals surface area contributed by atoms with Crippen molar-refractivity contribution in [2.75, 3.05) is 0 Å². The highest BCUT2D eigenvalue weighted by Crippen LogP contribution is 2.61. The summed E-state index contributed by atoms with van der Waals surface area (Å²) in [6, 6.07) is 0. The lowest BCUT2D eigenvalue weighted by Crippen LogP contribution is -2.55. The highest BCUT2D eigenvalue weighted by atomic mass is 127. The van der Waals surface area contributed by atoms with Crippen LogP contribution in [0.15, 0.2) is 0 Å². The van der Waals surface area contributed by atoms with Gasteiger partial charge in [0, 0.05) is 22.6 Å². The highest BCUT2D eigenvalue weighted by Gasteiger charge is 2.73. The monoisotopic (exact) mass is 590 g/mol. The zero-order valence-electron chi connectivity index (χ0n) is 5.78. The Morgan fingerprint density at radius 1 is 0.929 bits per heavy atom. The van der Waals surface area contributed by atoms with Crippen LogP contribution in [0.4, 0.5) is 22.0 Å². The minimum atomic E-state index is -4.15. The second-order valence-corrected chi connectivity index (χ2v) is 8.15. The molecule has 0 aliphatic carbocycles. The van der Waals surface area contributed by atoms with Gasteiger partial charge in [-0.2, -0.15) is 8.78 Å². The van der Waals surface area contributed by atoms with E-state index in [4.69, 9.17) is 11.6 Å². The topological polar surface area (TPSA) is 0 Å². The summed E-state index contributed by atoms with van der Waals surface area (Å²) < 4.78 is 49.5. The van der Waals surface area contributed by atoms with Gasteiger partial charge in [-0.25, -0.2) is 13.2 Å². The third-order valence-corrected chi connectivity index (χ3v) is 7.70. The third kappa shape index (κ3) is 2.97. The van der Waals surface area contributed by atoms with Crippen LogP contribution in [0, 0.1) is 0 Å². The van der Waals surface area contributed by atoms with Gasteiger partial charge in [0.1, 0.15) is 0 Å². The fourth-order valence-electron chi connectivity index (χ4n) is 0.356. The summed E-state index contributed by atoms with van der Waals surface area (Å²) in [7, 11) is 0. The molecule has 10 heteroatoms. The summed E-state index contributed by atoms with van der Waals surface area (Å²) >= 11 is 9.36. The van der Waals surface area contributed by atoms with Crippen LogP contribution >= 0.6 is 88.6 Å². The second kappa shape index (κ2) is 4.56. The normalized spacial score (nSPS) is 26.1. The first-order valence-corrected chi connectivity index (χ1v) is 6.76. The van der Waals surface area contributed by atoms with Gasteiger partial charge in [-0.1, -0.05) is 11.6 Å². The smallest absolute Gasteiger partial charge is 0.220 e. The molecule has 3 atom stereocenters. The third-order valence-electron chi connectivity index (χ3n) is 1.11. The SMILES string of the molecule is FC(Cl)(Br)C(F)(Br)C(F)(I)C(F)(F)I. The van der Waals surface area contributed by atoms with E-state index in [9.17, 15) is 22.0 Å². The van der Waals surface area contributed by atoms with E-state index in [1.807, 2.05) is 31.9 Å². The number of hydrogen-bond donors (Lipinski definition) is 0. The van der Waals surface area contributed by atoms with Gasteiger partial charge < -0.3 is 0 Å². The van der Waals surface area contributed by atoms with Crippen molar-refractivity contribution in [3.8, 4) is 0 Å². The first-order chi connectivity index (χ1) is 5.75. The summed E-state index contributed by atoms with van der Waals surface area (Å²) in [5.74, 6) is 0. The molecule has 14 heavy (non-hydrogen) atoms. The van der Waals surface area contributed by atoms with Gasteiger partial charge in [0.25, 0.3) is 12.3 Å². The summed E-state index contributed by atoms with van der Waals surface area (Å²) in [5.41, 5.74) is 0. The van der Waals surface area contributed by atoms with Crippen LogP contribution < -0.4 is 0 Å². The van der Waals surface area contributed by atoms with E-state index in [1.54, 1.807) is 0 Å². The van der Waals surface area contributed by atoms with E-state index in [-0.39, 0.29) is 0 Å². The van der Waals surface area contributed by atoms with Crippen molar-refractivity contribution in [1.29, 1.82) is 0 Å². The van der Waals surface area contributed by atoms with Gasteiger partial charge in [-0.3, -0.25) is 0 Å². The number of halogens is 10. The quantitative estimate of drug-likeness (QED) is 0.233. The molecule has 0 nitrogen and oxygen atoms in total. The molecular weight excluding hydrogens is 592 g/mol. The summed E-state index contributed by atoms with van der Waals surface area (Å²) in [5, 5.41) is 0. The van der Waals surface area contributed by atoms with E-state index in [0.717, 1.165) is 0 Å². The van der Waals surface area contributed by atoms with Crippen LogP contribution in [0.5, 0.6) is 0 Å². The molecule has 0 spiro atoms. The van der Waals surface area contributed by atoms with Crippen molar-refractivity contribution in [3.05, 3.63) is 0 Å². The van der Waals surface area contributed by atoms with Crippen molar-refractivity contribution in [3.63, 3.8) is 0 Å². The lowest BCUT2D eigenvalue weighted by atomic mass is 10.2. The van der Waals surface area contributed by atoms with Crippen molar-refractivity contribution in [2.45, 2.75) is 16.2 Å². The molecule has 0 aromatic carbocycles. The minimum Gasteiger partial charge on any atom is -0.220 e. The molecule has 3 unspecified atom stereocenters. The lowest BCUT2D eigenvalue weighted by Gasteiger charge is -2.36. The van der Waals surface area contributed by atoms with Crippen molar-refractivity contribution < 1.29 is 22.0 Å². The zero-order valence-corrected chi connectivity index (χ0v) is 14.0. The summed E-state index contributed by atoms with van der Waals surface area (Å²) in [6.07, 6.45) is 0. The molecule has 0 aliphatic heterocycles. The largest absolute Gasteiger partial charge is 0.343 e. The Balaban J connectivity index is 5.30. The van der Waals surface area contributed by atoms with Crippen LogP contribution in [0.3, 0.4) is 0 Å². The molecule has 0 aromatic rings. The fourth-order valence-corrected chi connectivity index (χ4v) is 2.65. The molecule has 0 aliphatic rings. The maximum absolute atomic E-state index is 13.4. The second-order valence-electron chi connectivity index (χ2n) is 2.14. The van der Waals surface area contributed by atoms with Gasteiger partial charge in [0.05, 0.1) is 0 Å². The standard InChI is InChI=1S/C4Br2ClF5I2/c5-1(8,3(6,7)10)2(9,13)4(11,12)14. The molecule has 0 heterocycles. The summed E-state index contributed by atoms with van der Waals surface area (Å²) in [6.45, 7) is 0. The van der Waals surface area contributed by atoms with Crippen molar-refractivity contribution in [1.82, 2.24) is 0 Å². The van der Waals surface area contributed by atoms with Gasteiger partial charge in [0.2, 0.25) is 0 Å². The van der Waals surface area contributed by atoms with Crippen LogP contribution in [0.25, 0.3) is 0 Å². The average molecular weight is 592 g/mol. The number of rotatable bonds is 3. The van der Waals surface area contributed by atoms with Crippen LogP contribution in [0.2, 0.25) is 0 Å². The molecule has 0 saturated heterocycles. The van der Waals surface area contributed by atoms with Crippen LogP contribution in [-0.2, 0) is 0 Å². The number of alkyl halides is 10. The lowest BCUT2D eigenvalue weighted by molar-refractivity contribution is -0.0502.